The van der Waals surface area contributed by atoms with Gasteiger partial charge in [0.25, 0.3) is 0 Å². The number of hydrogen-bond acceptors (Lipinski definition) is 4. The topological polar surface area (TPSA) is 82.5 Å². The molecular formula is C14H25N3O3. The summed E-state index contributed by atoms with van der Waals surface area (Å²) >= 11 is 0. The summed E-state index contributed by atoms with van der Waals surface area (Å²) in [6.45, 7) is 1.87. The van der Waals surface area contributed by atoms with Crippen molar-refractivity contribution in [3.63, 3.8) is 0 Å². The standard InChI is InChI=1S/C14H25N3O3/c1-11-8-6-4-3-5-7-9-12(18)16-14(15)17(2)10-13(19)20-11/h11H,3-10H2,1-2H3,(H2,15,16,18). The fraction of sp³-hybridized carbons (Fsp3) is 0.786. The predicted octanol–water partition coefficient (Wildman–Crippen LogP) is 1.65. The SMILES string of the molecule is CC1CCCCCCCC(=O)NC(=N)N(C)CC(=O)O1. The molecule has 0 aromatic rings. The zero-order valence-electron chi connectivity index (χ0n) is 12.4. The summed E-state index contributed by atoms with van der Waals surface area (Å²) in [4.78, 5) is 24.7. The molecule has 0 radical (unpaired) electrons. The third-order valence-electron chi connectivity index (χ3n) is 3.35. The number of hydrogen-bond donors (Lipinski definition) is 2. The first kappa shape index (κ1) is 16.5. The van der Waals surface area contributed by atoms with Gasteiger partial charge in [-0.05, 0) is 26.2 Å². The lowest BCUT2D eigenvalue weighted by Gasteiger charge is -2.20. The second-order valence-electron chi connectivity index (χ2n) is 5.36. The van der Waals surface area contributed by atoms with Gasteiger partial charge in [-0.2, -0.15) is 0 Å². The second kappa shape index (κ2) is 8.55. The summed E-state index contributed by atoms with van der Waals surface area (Å²) in [7, 11) is 1.59. The van der Waals surface area contributed by atoms with Crippen LogP contribution < -0.4 is 5.32 Å². The van der Waals surface area contributed by atoms with Crippen molar-refractivity contribution in [3.8, 4) is 0 Å². The van der Waals surface area contributed by atoms with Crippen molar-refractivity contribution in [2.45, 2.75) is 58.0 Å². The first-order chi connectivity index (χ1) is 9.49. The number of ether oxygens (including phenoxy) is 1. The molecule has 0 aliphatic carbocycles. The highest BCUT2D eigenvalue weighted by atomic mass is 16.5. The summed E-state index contributed by atoms with van der Waals surface area (Å²) in [6.07, 6.45) is 6.28. The van der Waals surface area contributed by atoms with Gasteiger partial charge in [0.2, 0.25) is 5.91 Å². The van der Waals surface area contributed by atoms with Crippen LogP contribution in [-0.2, 0) is 14.3 Å². The number of guanidine groups is 1. The molecule has 0 saturated carbocycles. The van der Waals surface area contributed by atoms with Crippen LogP contribution in [0.15, 0.2) is 0 Å². The molecule has 1 heterocycles. The normalized spacial score (nSPS) is 24.4. The lowest BCUT2D eigenvalue weighted by Crippen LogP contribution is -2.44. The molecule has 0 bridgehead atoms. The van der Waals surface area contributed by atoms with E-state index in [1.54, 1.807) is 7.05 Å². The van der Waals surface area contributed by atoms with Gasteiger partial charge in [0, 0.05) is 13.5 Å². The molecule has 1 amide bonds. The van der Waals surface area contributed by atoms with E-state index in [1.807, 2.05) is 6.92 Å². The Hall–Kier alpha value is -1.59. The summed E-state index contributed by atoms with van der Waals surface area (Å²) in [5.74, 6) is -0.596. The monoisotopic (exact) mass is 283 g/mol. The third-order valence-corrected chi connectivity index (χ3v) is 3.35. The Morgan fingerprint density at radius 1 is 1.20 bits per heavy atom. The number of rotatable bonds is 0. The molecule has 1 unspecified atom stereocenters. The summed E-state index contributed by atoms with van der Waals surface area (Å²) in [5.41, 5.74) is 0. The van der Waals surface area contributed by atoms with Gasteiger partial charge in [0.1, 0.15) is 6.54 Å². The Labute approximate surface area is 120 Å². The molecule has 6 heteroatoms. The quantitative estimate of drug-likeness (QED) is 0.662. The Bertz CT molecular complexity index is 358. The average Bonchev–Trinajstić information content (AvgIpc) is 2.36. The van der Waals surface area contributed by atoms with Crippen molar-refractivity contribution in [1.82, 2.24) is 10.2 Å². The minimum absolute atomic E-state index is 0.0244. The summed E-state index contributed by atoms with van der Waals surface area (Å²) in [6, 6.07) is 0. The highest BCUT2D eigenvalue weighted by Gasteiger charge is 2.16. The number of nitrogens with zero attached hydrogens (tertiary/aromatic N) is 1. The van der Waals surface area contributed by atoms with Crippen LogP contribution in [0.4, 0.5) is 0 Å². The van der Waals surface area contributed by atoms with E-state index < -0.39 is 0 Å². The predicted molar refractivity (Wildman–Crippen MR) is 76.4 cm³/mol. The molecule has 20 heavy (non-hydrogen) atoms. The number of carbonyl (C=O) groups is 2. The Morgan fingerprint density at radius 3 is 2.60 bits per heavy atom. The van der Waals surface area contributed by atoms with E-state index in [2.05, 4.69) is 5.32 Å². The number of amides is 1. The molecule has 6 nitrogen and oxygen atoms in total. The highest BCUT2D eigenvalue weighted by molar-refractivity contribution is 5.96. The molecule has 1 rings (SSSR count). The average molecular weight is 283 g/mol. The Balaban J connectivity index is 2.56. The first-order valence-corrected chi connectivity index (χ1v) is 7.28. The van der Waals surface area contributed by atoms with Crippen molar-refractivity contribution >= 4 is 17.8 Å². The van der Waals surface area contributed by atoms with Crippen molar-refractivity contribution in [1.29, 1.82) is 5.41 Å². The molecule has 1 aliphatic rings. The van der Waals surface area contributed by atoms with E-state index in [0.29, 0.717) is 6.42 Å². The van der Waals surface area contributed by atoms with E-state index in [4.69, 9.17) is 10.1 Å². The first-order valence-electron chi connectivity index (χ1n) is 7.28. The zero-order valence-corrected chi connectivity index (χ0v) is 12.4. The van der Waals surface area contributed by atoms with E-state index >= 15 is 0 Å². The summed E-state index contributed by atoms with van der Waals surface area (Å²) in [5, 5.41) is 10.2. The second-order valence-corrected chi connectivity index (χ2v) is 5.36. The van der Waals surface area contributed by atoms with Crippen LogP contribution in [0.5, 0.6) is 0 Å². The van der Waals surface area contributed by atoms with Crippen LogP contribution in [0.2, 0.25) is 0 Å². The van der Waals surface area contributed by atoms with Gasteiger partial charge in [0.05, 0.1) is 6.10 Å². The van der Waals surface area contributed by atoms with E-state index in [0.717, 1.165) is 38.5 Å². The largest absolute Gasteiger partial charge is 0.461 e. The van der Waals surface area contributed by atoms with Crippen LogP contribution in [0.3, 0.4) is 0 Å². The molecule has 1 aliphatic heterocycles. The summed E-state index contributed by atoms with van der Waals surface area (Å²) < 4.78 is 5.28. The van der Waals surface area contributed by atoms with Gasteiger partial charge >= 0.3 is 5.97 Å². The van der Waals surface area contributed by atoms with Crippen molar-refractivity contribution in [2.75, 3.05) is 13.6 Å². The lowest BCUT2D eigenvalue weighted by atomic mass is 10.1. The van der Waals surface area contributed by atoms with Crippen LogP contribution >= 0.6 is 0 Å². The Morgan fingerprint density at radius 2 is 1.85 bits per heavy atom. The van der Waals surface area contributed by atoms with Crippen LogP contribution in [0.1, 0.15) is 51.9 Å². The molecule has 1 atom stereocenters. The zero-order chi connectivity index (χ0) is 15.0. The maximum Gasteiger partial charge on any atom is 0.325 e. The maximum atomic E-state index is 11.7. The fourth-order valence-corrected chi connectivity index (χ4v) is 2.13. The van der Waals surface area contributed by atoms with E-state index in [-0.39, 0.29) is 30.5 Å². The minimum atomic E-state index is -0.367. The van der Waals surface area contributed by atoms with E-state index in [9.17, 15) is 9.59 Å². The fourth-order valence-electron chi connectivity index (χ4n) is 2.13. The van der Waals surface area contributed by atoms with Gasteiger partial charge in [-0.1, -0.05) is 19.3 Å². The molecule has 1 fully saturated rings. The van der Waals surface area contributed by atoms with Gasteiger partial charge in [-0.3, -0.25) is 20.3 Å². The molecule has 114 valence electrons. The maximum absolute atomic E-state index is 11.7. The van der Waals surface area contributed by atoms with Gasteiger partial charge < -0.3 is 9.64 Å². The molecule has 2 N–H and O–H groups in total. The lowest BCUT2D eigenvalue weighted by molar-refractivity contribution is -0.148. The van der Waals surface area contributed by atoms with E-state index in [1.165, 1.54) is 4.90 Å². The van der Waals surface area contributed by atoms with Gasteiger partial charge in [0.15, 0.2) is 5.96 Å². The van der Waals surface area contributed by atoms with Gasteiger partial charge in [-0.15, -0.1) is 0 Å². The number of esters is 1. The number of likely N-dealkylation sites (N-methyl/N-ethyl adjacent to an activating group) is 1. The molecule has 1 saturated heterocycles. The third kappa shape index (κ3) is 6.54. The van der Waals surface area contributed by atoms with Gasteiger partial charge in [-0.25, -0.2) is 0 Å². The van der Waals surface area contributed by atoms with Crippen LogP contribution in [0.25, 0.3) is 0 Å². The van der Waals surface area contributed by atoms with Crippen molar-refractivity contribution in [2.24, 2.45) is 0 Å². The molecular weight excluding hydrogens is 258 g/mol. The number of cyclic esters (lactones) is 1. The minimum Gasteiger partial charge on any atom is -0.461 e. The number of carbonyl (C=O) groups excluding carboxylic acids is 2. The molecule has 0 aromatic heterocycles. The number of nitrogens with one attached hydrogen (secondary N) is 2. The van der Waals surface area contributed by atoms with Crippen molar-refractivity contribution < 1.29 is 14.3 Å². The molecule has 0 spiro atoms. The molecule has 0 aromatic carbocycles. The van der Waals surface area contributed by atoms with Crippen LogP contribution in [0, 0.1) is 5.41 Å². The Kier molecular flexibility index (Phi) is 7.04. The highest BCUT2D eigenvalue weighted by Crippen LogP contribution is 2.11. The smallest absolute Gasteiger partial charge is 0.325 e. The van der Waals surface area contributed by atoms with Crippen molar-refractivity contribution in [3.05, 3.63) is 0 Å². The van der Waals surface area contributed by atoms with Crippen LogP contribution in [-0.4, -0.2) is 42.4 Å².